The summed E-state index contributed by atoms with van der Waals surface area (Å²) in [4.78, 5) is -0.133. The second-order valence-corrected chi connectivity index (χ2v) is 9.79. The fourth-order valence-electron chi connectivity index (χ4n) is 2.79. The lowest BCUT2D eigenvalue weighted by molar-refractivity contribution is 0.253. The molecule has 2 rings (SSSR count). The Morgan fingerprint density at radius 3 is 1.39 bits per heavy atom. The number of rotatable bonds is 10. The maximum atomic E-state index is 12.8. The first kappa shape index (κ1) is 22.7. The van der Waals surface area contributed by atoms with Crippen molar-refractivity contribution in [3.63, 3.8) is 0 Å². The van der Waals surface area contributed by atoms with Crippen molar-refractivity contribution in [3.05, 3.63) is 36.4 Å². The highest BCUT2D eigenvalue weighted by Gasteiger charge is 2.25. The lowest BCUT2D eigenvalue weighted by Gasteiger charge is -2.18. The first-order valence-corrected chi connectivity index (χ1v) is 11.9. The third-order valence-corrected chi connectivity index (χ3v) is 7.65. The van der Waals surface area contributed by atoms with Gasteiger partial charge in [-0.1, -0.05) is 38.1 Å². The molecule has 156 valence electrons. The van der Waals surface area contributed by atoms with Gasteiger partial charge in [-0.3, -0.25) is 0 Å². The first-order valence-electron chi connectivity index (χ1n) is 8.98. The second kappa shape index (κ2) is 9.29. The molecule has 4 N–H and O–H groups in total. The first-order chi connectivity index (χ1) is 13.2. The molecule has 2 atom stereocenters. The highest BCUT2D eigenvalue weighted by molar-refractivity contribution is 7.90. The molecule has 0 bridgehead atoms. The number of benzene rings is 2. The SMILES string of the molecule is CC[C@@H](CO)NS(=O)(=O)c1cccc2c(S(=O)(=O)N[C@@H](CC)CO)cccc12. The van der Waals surface area contributed by atoms with Crippen molar-refractivity contribution in [2.75, 3.05) is 13.2 Å². The van der Waals surface area contributed by atoms with Crippen LogP contribution in [0.3, 0.4) is 0 Å². The molecule has 0 saturated carbocycles. The number of fused-ring (bicyclic) bond motifs is 1. The van der Waals surface area contributed by atoms with Crippen molar-refractivity contribution in [2.24, 2.45) is 0 Å². The summed E-state index contributed by atoms with van der Waals surface area (Å²) in [6.07, 6.45) is 0.813. The highest BCUT2D eigenvalue weighted by atomic mass is 32.2. The van der Waals surface area contributed by atoms with E-state index in [4.69, 9.17) is 0 Å². The van der Waals surface area contributed by atoms with Crippen LogP contribution in [0.2, 0.25) is 0 Å². The summed E-state index contributed by atoms with van der Waals surface area (Å²) in [5.74, 6) is 0. The predicted molar refractivity (Wildman–Crippen MR) is 107 cm³/mol. The van der Waals surface area contributed by atoms with Gasteiger partial charge in [-0.15, -0.1) is 0 Å². The number of sulfonamides is 2. The second-order valence-electron chi connectivity index (χ2n) is 6.43. The fraction of sp³-hybridized carbons (Fsp3) is 0.444. The van der Waals surface area contributed by atoms with Crippen LogP contribution in [-0.4, -0.2) is 52.3 Å². The Morgan fingerprint density at radius 2 is 1.11 bits per heavy atom. The molecule has 0 fully saturated rings. The molecule has 10 heteroatoms. The van der Waals surface area contributed by atoms with Crippen molar-refractivity contribution in [3.8, 4) is 0 Å². The van der Waals surface area contributed by atoms with Crippen LogP contribution in [0.25, 0.3) is 10.8 Å². The van der Waals surface area contributed by atoms with Crippen LogP contribution >= 0.6 is 0 Å². The van der Waals surface area contributed by atoms with Gasteiger partial charge < -0.3 is 10.2 Å². The Morgan fingerprint density at radius 1 is 0.750 bits per heavy atom. The zero-order chi connectivity index (χ0) is 20.9. The van der Waals surface area contributed by atoms with Crippen LogP contribution in [-0.2, 0) is 20.0 Å². The van der Waals surface area contributed by atoms with Gasteiger partial charge in [0.05, 0.1) is 23.0 Å². The zero-order valence-electron chi connectivity index (χ0n) is 15.8. The molecule has 8 nitrogen and oxygen atoms in total. The smallest absolute Gasteiger partial charge is 0.241 e. The third-order valence-electron chi connectivity index (χ3n) is 4.49. The van der Waals surface area contributed by atoms with Gasteiger partial charge >= 0.3 is 0 Å². The van der Waals surface area contributed by atoms with Crippen molar-refractivity contribution in [2.45, 2.75) is 48.6 Å². The van der Waals surface area contributed by atoms with E-state index in [1.165, 1.54) is 36.4 Å². The summed E-state index contributed by atoms with van der Waals surface area (Å²) < 4.78 is 56.0. The van der Waals surface area contributed by atoms with E-state index in [0.717, 1.165) is 0 Å². The van der Waals surface area contributed by atoms with Crippen LogP contribution in [0, 0.1) is 0 Å². The minimum Gasteiger partial charge on any atom is -0.395 e. The Hall–Kier alpha value is -1.56. The van der Waals surface area contributed by atoms with Gasteiger partial charge in [0.1, 0.15) is 0 Å². The van der Waals surface area contributed by atoms with Crippen molar-refractivity contribution >= 4 is 30.8 Å². The zero-order valence-corrected chi connectivity index (χ0v) is 17.4. The van der Waals surface area contributed by atoms with Crippen molar-refractivity contribution < 1.29 is 27.0 Å². The molecule has 2 aromatic rings. The summed E-state index contributed by atoms with van der Waals surface area (Å²) in [5.41, 5.74) is 0. The third kappa shape index (κ3) is 4.88. The van der Waals surface area contributed by atoms with Gasteiger partial charge in [-0.05, 0) is 25.0 Å². The van der Waals surface area contributed by atoms with Crippen LogP contribution in [0.15, 0.2) is 46.2 Å². The van der Waals surface area contributed by atoms with E-state index in [2.05, 4.69) is 9.44 Å². The molecule has 28 heavy (non-hydrogen) atoms. The van der Waals surface area contributed by atoms with E-state index in [9.17, 15) is 27.0 Å². The molecule has 0 radical (unpaired) electrons. The van der Waals surface area contributed by atoms with E-state index < -0.39 is 32.1 Å². The summed E-state index contributed by atoms with van der Waals surface area (Å²) in [6, 6.07) is 7.52. The highest BCUT2D eigenvalue weighted by Crippen LogP contribution is 2.28. The van der Waals surface area contributed by atoms with E-state index in [0.29, 0.717) is 12.8 Å². The van der Waals surface area contributed by atoms with Gasteiger partial charge in [-0.2, -0.15) is 0 Å². The predicted octanol–water partition coefficient (Wildman–Crippen LogP) is 0.938. The van der Waals surface area contributed by atoms with E-state index in [1.54, 1.807) is 13.8 Å². The van der Waals surface area contributed by atoms with E-state index >= 15 is 0 Å². The number of aliphatic hydroxyl groups is 2. The molecule has 0 unspecified atom stereocenters. The van der Waals surface area contributed by atoms with Gasteiger partial charge in [-0.25, -0.2) is 26.3 Å². The summed E-state index contributed by atoms with van der Waals surface area (Å²) in [6.45, 7) is 2.80. The molecule has 0 heterocycles. The minimum atomic E-state index is -3.97. The molecule has 0 aliphatic carbocycles. The molecule has 0 aromatic heterocycles. The van der Waals surface area contributed by atoms with Gasteiger partial charge in [0.15, 0.2) is 0 Å². The minimum absolute atomic E-state index is 0.0665. The molecular weight excluding hydrogens is 404 g/mol. The molecular formula is C18H26N2O6S2. The van der Waals surface area contributed by atoms with Crippen LogP contribution in [0.5, 0.6) is 0 Å². The van der Waals surface area contributed by atoms with Gasteiger partial charge in [0.25, 0.3) is 0 Å². The lowest BCUT2D eigenvalue weighted by atomic mass is 10.1. The van der Waals surface area contributed by atoms with Crippen LogP contribution < -0.4 is 9.44 Å². The Balaban J connectivity index is 2.60. The van der Waals surface area contributed by atoms with Crippen LogP contribution in [0.1, 0.15) is 26.7 Å². The van der Waals surface area contributed by atoms with Crippen molar-refractivity contribution in [1.29, 1.82) is 0 Å². The summed E-state index contributed by atoms with van der Waals surface area (Å²) in [7, 11) is -7.94. The lowest BCUT2D eigenvalue weighted by Crippen LogP contribution is -2.37. The largest absolute Gasteiger partial charge is 0.395 e. The Labute approximate surface area is 165 Å². The number of nitrogens with one attached hydrogen (secondary N) is 2. The topological polar surface area (TPSA) is 133 Å². The monoisotopic (exact) mass is 430 g/mol. The number of hydrogen-bond donors (Lipinski definition) is 4. The maximum Gasteiger partial charge on any atom is 0.241 e. The Kier molecular flexibility index (Phi) is 7.54. The Bertz CT molecular complexity index is 930. The quantitative estimate of drug-likeness (QED) is 0.443. The molecule has 0 aliphatic heterocycles. The average molecular weight is 431 g/mol. The standard InChI is InChI=1S/C18H26N2O6S2/c1-3-13(11-21)19-27(23,24)17-9-5-8-16-15(17)7-6-10-18(16)28(25,26)20-14(4-2)12-22/h5-10,13-14,19-22H,3-4,11-12H2,1-2H3/t13-,14-/m0/s1. The summed E-state index contributed by atoms with van der Waals surface area (Å²) >= 11 is 0. The molecule has 0 aliphatic rings. The average Bonchev–Trinajstić information content (AvgIpc) is 2.69. The number of hydrogen-bond acceptors (Lipinski definition) is 6. The van der Waals surface area contributed by atoms with Crippen LogP contribution in [0.4, 0.5) is 0 Å². The number of aliphatic hydroxyl groups excluding tert-OH is 2. The molecule has 0 spiro atoms. The molecule has 0 saturated heterocycles. The van der Waals surface area contributed by atoms with Gasteiger partial charge in [0, 0.05) is 22.9 Å². The van der Waals surface area contributed by atoms with E-state index in [-0.39, 0.29) is 33.8 Å². The fourth-order valence-corrected chi connectivity index (χ4v) is 5.85. The summed E-state index contributed by atoms with van der Waals surface area (Å²) in [5, 5.41) is 19.1. The normalized spacial score (nSPS) is 14.9. The van der Waals surface area contributed by atoms with Gasteiger partial charge in [0.2, 0.25) is 20.0 Å². The molecule has 0 amide bonds. The van der Waals surface area contributed by atoms with E-state index in [1.807, 2.05) is 0 Å². The molecule has 2 aromatic carbocycles. The van der Waals surface area contributed by atoms with Crippen molar-refractivity contribution in [1.82, 2.24) is 9.44 Å². The maximum absolute atomic E-state index is 12.8.